The summed E-state index contributed by atoms with van der Waals surface area (Å²) in [6, 6.07) is 5.36. The maximum Gasteiger partial charge on any atom is 0.417 e. The summed E-state index contributed by atoms with van der Waals surface area (Å²) in [4.78, 5) is 1.87. The van der Waals surface area contributed by atoms with Gasteiger partial charge < -0.3 is 5.73 Å². The van der Waals surface area contributed by atoms with E-state index in [2.05, 4.69) is 31.9 Å². The van der Waals surface area contributed by atoms with Gasteiger partial charge in [0.15, 0.2) is 0 Å². The highest BCUT2D eigenvalue weighted by molar-refractivity contribution is 9.10. The van der Waals surface area contributed by atoms with Gasteiger partial charge in [-0.05, 0) is 46.6 Å². The lowest BCUT2D eigenvalue weighted by molar-refractivity contribution is -0.138. The highest BCUT2D eigenvalue weighted by atomic mass is 79.9. The molecule has 2 aromatic rings. The molecule has 1 aromatic heterocycles. The highest BCUT2D eigenvalue weighted by Gasteiger charge is 2.33. The minimum absolute atomic E-state index is 0.0180. The Labute approximate surface area is 135 Å². The molecule has 0 spiro atoms. The molecule has 0 aliphatic heterocycles. The maximum atomic E-state index is 12.9. The Morgan fingerprint density at radius 2 is 1.80 bits per heavy atom. The van der Waals surface area contributed by atoms with E-state index in [4.69, 9.17) is 5.73 Å². The van der Waals surface area contributed by atoms with Crippen molar-refractivity contribution in [3.05, 3.63) is 54.1 Å². The lowest BCUT2D eigenvalue weighted by Gasteiger charge is -2.14. The first-order chi connectivity index (χ1) is 9.20. The molecule has 0 aliphatic carbocycles. The maximum absolute atomic E-state index is 12.9. The van der Waals surface area contributed by atoms with E-state index in [-0.39, 0.29) is 4.47 Å². The summed E-state index contributed by atoms with van der Waals surface area (Å²) in [6.45, 7) is 1.92. The molecule has 1 heterocycles. The van der Waals surface area contributed by atoms with E-state index in [0.29, 0.717) is 5.56 Å². The monoisotopic (exact) mass is 427 g/mol. The third-order valence-corrected chi connectivity index (χ3v) is 5.75. The van der Waals surface area contributed by atoms with Crippen molar-refractivity contribution < 1.29 is 13.2 Å². The molecule has 0 aliphatic rings. The molecule has 20 heavy (non-hydrogen) atoms. The van der Waals surface area contributed by atoms with Crippen molar-refractivity contribution in [3.8, 4) is 0 Å². The number of aryl methyl sites for hydroxylation is 1. The van der Waals surface area contributed by atoms with E-state index >= 15 is 0 Å². The minimum atomic E-state index is -4.40. The van der Waals surface area contributed by atoms with Gasteiger partial charge in [0.05, 0.1) is 11.6 Å². The van der Waals surface area contributed by atoms with Gasteiger partial charge >= 0.3 is 6.18 Å². The van der Waals surface area contributed by atoms with Crippen molar-refractivity contribution in [2.75, 3.05) is 0 Å². The molecule has 1 unspecified atom stereocenters. The van der Waals surface area contributed by atoms with E-state index in [1.165, 1.54) is 17.4 Å². The van der Waals surface area contributed by atoms with Crippen molar-refractivity contribution in [3.63, 3.8) is 0 Å². The molecular weight excluding hydrogens is 419 g/mol. The molecule has 0 radical (unpaired) electrons. The minimum Gasteiger partial charge on any atom is -0.320 e. The molecule has 0 bridgehead atoms. The van der Waals surface area contributed by atoms with Crippen molar-refractivity contribution in [1.29, 1.82) is 0 Å². The van der Waals surface area contributed by atoms with Gasteiger partial charge in [-0.25, -0.2) is 0 Å². The van der Waals surface area contributed by atoms with Crippen molar-refractivity contribution in [2.24, 2.45) is 5.73 Å². The van der Waals surface area contributed by atoms with E-state index in [1.807, 2.05) is 13.0 Å². The summed E-state index contributed by atoms with van der Waals surface area (Å²) >= 11 is 7.77. The van der Waals surface area contributed by atoms with Crippen LogP contribution in [0.3, 0.4) is 0 Å². The molecule has 0 saturated carbocycles. The molecule has 1 nitrogen and oxygen atoms in total. The second-order valence-electron chi connectivity index (χ2n) is 4.27. The Balaban J connectivity index is 2.43. The van der Waals surface area contributed by atoms with E-state index in [9.17, 15) is 13.2 Å². The number of halogens is 5. The average Bonchev–Trinajstić information content (AvgIpc) is 2.68. The van der Waals surface area contributed by atoms with E-state index in [1.54, 1.807) is 6.07 Å². The molecule has 0 saturated heterocycles. The fourth-order valence-electron chi connectivity index (χ4n) is 1.75. The summed E-state index contributed by atoms with van der Waals surface area (Å²) < 4.78 is 39.6. The number of thiophene rings is 1. The van der Waals surface area contributed by atoms with Crippen LogP contribution in [-0.2, 0) is 6.18 Å². The van der Waals surface area contributed by atoms with Gasteiger partial charge in [-0.2, -0.15) is 13.2 Å². The van der Waals surface area contributed by atoms with Crippen LogP contribution in [0.5, 0.6) is 0 Å². The zero-order valence-corrected chi connectivity index (χ0v) is 14.3. The smallest absolute Gasteiger partial charge is 0.320 e. The number of hydrogen-bond acceptors (Lipinski definition) is 2. The standard InChI is InChI=1S/C13H10Br2F3NS/c1-6-10(15)5-11(20-6)12(19)7-2-3-9(14)8(4-7)13(16,17)18/h2-5,12H,19H2,1H3. The summed E-state index contributed by atoms with van der Waals surface area (Å²) in [6.07, 6.45) is -4.40. The molecule has 7 heteroatoms. The van der Waals surface area contributed by atoms with Gasteiger partial charge in [-0.15, -0.1) is 11.3 Å². The third kappa shape index (κ3) is 3.27. The van der Waals surface area contributed by atoms with Crippen LogP contribution in [0, 0.1) is 6.92 Å². The van der Waals surface area contributed by atoms with Gasteiger partial charge in [0, 0.05) is 18.7 Å². The molecule has 1 atom stereocenters. The normalized spacial score (nSPS) is 13.6. The van der Waals surface area contributed by atoms with E-state index < -0.39 is 17.8 Å². The zero-order valence-electron chi connectivity index (χ0n) is 10.3. The summed E-state index contributed by atoms with van der Waals surface area (Å²) in [7, 11) is 0. The average molecular weight is 429 g/mol. The summed E-state index contributed by atoms with van der Waals surface area (Å²) in [5.74, 6) is 0. The quantitative estimate of drug-likeness (QED) is 0.657. The first kappa shape index (κ1) is 16.0. The fraction of sp³-hybridized carbons (Fsp3) is 0.231. The first-order valence-corrected chi connectivity index (χ1v) is 7.98. The van der Waals surface area contributed by atoms with Crippen LogP contribution in [0.4, 0.5) is 13.2 Å². The van der Waals surface area contributed by atoms with E-state index in [0.717, 1.165) is 20.3 Å². The Kier molecular flexibility index (Phi) is 4.63. The number of nitrogens with two attached hydrogens (primary N) is 1. The van der Waals surface area contributed by atoms with Crippen LogP contribution < -0.4 is 5.73 Å². The predicted molar refractivity (Wildman–Crippen MR) is 81.9 cm³/mol. The van der Waals surface area contributed by atoms with Crippen molar-refractivity contribution in [2.45, 2.75) is 19.1 Å². The van der Waals surface area contributed by atoms with Gasteiger partial charge in [-0.3, -0.25) is 0 Å². The summed E-state index contributed by atoms with van der Waals surface area (Å²) in [5.41, 5.74) is 5.80. The lowest BCUT2D eigenvalue weighted by Crippen LogP contribution is -2.13. The Morgan fingerprint density at radius 3 is 2.30 bits per heavy atom. The first-order valence-electron chi connectivity index (χ1n) is 5.58. The molecule has 2 rings (SSSR count). The fourth-order valence-corrected chi connectivity index (χ4v) is 3.81. The van der Waals surface area contributed by atoms with Crippen LogP contribution in [0.1, 0.15) is 26.9 Å². The van der Waals surface area contributed by atoms with Crippen LogP contribution in [-0.4, -0.2) is 0 Å². The molecular formula is C13H10Br2F3NS. The number of alkyl halides is 3. The van der Waals surface area contributed by atoms with Crippen LogP contribution >= 0.6 is 43.2 Å². The van der Waals surface area contributed by atoms with Gasteiger partial charge in [-0.1, -0.05) is 22.0 Å². The largest absolute Gasteiger partial charge is 0.417 e. The van der Waals surface area contributed by atoms with Crippen LogP contribution in [0.15, 0.2) is 33.2 Å². The molecule has 0 fully saturated rings. The Hall–Kier alpha value is -0.370. The zero-order chi connectivity index (χ0) is 15.1. The lowest BCUT2D eigenvalue weighted by atomic mass is 10.0. The molecule has 0 amide bonds. The van der Waals surface area contributed by atoms with Crippen molar-refractivity contribution in [1.82, 2.24) is 0 Å². The summed E-state index contributed by atoms with van der Waals surface area (Å²) in [5, 5.41) is 0. The van der Waals surface area contributed by atoms with Gasteiger partial charge in [0.2, 0.25) is 0 Å². The Bertz CT molecular complexity index is 618. The Morgan fingerprint density at radius 1 is 1.15 bits per heavy atom. The number of rotatable bonds is 2. The predicted octanol–water partition coefficient (Wildman–Crippen LogP) is 5.65. The topological polar surface area (TPSA) is 26.0 Å². The van der Waals surface area contributed by atoms with Crippen molar-refractivity contribution >= 4 is 43.2 Å². The van der Waals surface area contributed by atoms with Gasteiger partial charge in [0.25, 0.3) is 0 Å². The van der Waals surface area contributed by atoms with Gasteiger partial charge in [0.1, 0.15) is 0 Å². The molecule has 1 aromatic carbocycles. The number of benzene rings is 1. The third-order valence-electron chi connectivity index (χ3n) is 2.84. The second-order valence-corrected chi connectivity index (χ2v) is 7.26. The van der Waals surface area contributed by atoms with Crippen LogP contribution in [0.25, 0.3) is 0 Å². The van der Waals surface area contributed by atoms with Crippen LogP contribution in [0.2, 0.25) is 0 Å². The molecule has 2 N–H and O–H groups in total. The second kappa shape index (κ2) is 5.79. The highest BCUT2D eigenvalue weighted by Crippen LogP contribution is 2.38. The SMILES string of the molecule is Cc1sc(C(N)c2ccc(Br)c(C(F)(F)F)c2)cc1Br. The molecule has 108 valence electrons. The number of hydrogen-bond donors (Lipinski definition) is 1.